The van der Waals surface area contributed by atoms with Crippen molar-refractivity contribution in [3.8, 4) is 17.2 Å². The molecular formula is C27H31F4N9O. The van der Waals surface area contributed by atoms with E-state index in [0.717, 1.165) is 17.6 Å². The third kappa shape index (κ3) is 4.99. The smallest absolute Gasteiger partial charge is 0.377 e. The lowest BCUT2D eigenvalue weighted by Gasteiger charge is -2.34. The molecular weight excluding hydrogens is 542 g/mol. The van der Waals surface area contributed by atoms with Gasteiger partial charge in [-0.15, -0.1) is 0 Å². The van der Waals surface area contributed by atoms with Crippen molar-refractivity contribution in [2.75, 3.05) is 50.1 Å². The van der Waals surface area contributed by atoms with Gasteiger partial charge in [0.25, 0.3) is 0 Å². The van der Waals surface area contributed by atoms with Crippen LogP contribution in [0.3, 0.4) is 0 Å². The van der Waals surface area contributed by atoms with E-state index in [1.165, 1.54) is 12.1 Å². The first-order valence-electron chi connectivity index (χ1n) is 13.6. The maximum Gasteiger partial charge on any atom is 0.433 e. The van der Waals surface area contributed by atoms with Crippen LogP contribution in [-0.4, -0.2) is 75.2 Å². The first-order valence-corrected chi connectivity index (χ1v) is 13.6. The summed E-state index contributed by atoms with van der Waals surface area (Å²) in [4.78, 5) is 16.0. The topological polar surface area (TPSA) is 98.0 Å². The third-order valence-electron chi connectivity index (χ3n) is 7.63. The highest BCUT2D eigenvalue weighted by molar-refractivity contribution is 5.81. The molecule has 0 spiro atoms. The van der Waals surface area contributed by atoms with Gasteiger partial charge in [-0.3, -0.25) is 4.68 Å². The lowest BCUT2D eigenvalue weighted by molar-refractivity contribution is -0.144. The van der Waals surface area contributed by atoms with Crippen molar-refractivity contribution in [2.45, 2.75) is 44.9 Å². The molecule has 41 heavy (non-hydrogen) atoms. The second-order valence-electron chi connectivity index (χ2n) is 10.4. The predicted molar refractivity (Wildman–Crippen MR) is 146 cm³/mol. The number of alkyl halides is 3. The number of morpholine rings is 1. The Morgan fingerprint density at radius 2 is 1.98 bits per heavy atom. The van der Waals surface area contributed by atoms with Gasteiger partial charge in [-0.05, 0) is 45.4 Å². The monoisotopic (exact) mass is 573 g/mol. The van der Waals surface area contributed by atoms with E-state index < -0.39 is 23.7 Å². The Labute approximate surface area is 233 Å². The molecule has 2 aliphatic rings. The fourth-order valence-electron chi connectivity index (χ4n) is 5.72. The maximum atomic E-state index is 14.8. The number of fused-ring (bicyclic) bond motifs is 1. The number of nitrogens with one attached hydrogen (secondary N) is 2. The van der Waals surface area contributed by atoms with E-state index in [-0.39, 0.29) is 28.9 Å². The Hall–Kier alpha value is -3.78. The molecule has 0 radical (unpaired) electrons. The van der Waals surface area contributed by atoms with Crippen LogP contribution < -0.4 is 15.5 Å². The van der Waals surface area contributed by atoms with Crippen LogP contribution in [-0.2, 0) is 10.9 Å². The zero-order chi connectivity index (χ0) is 28.9. The minimum absolute atomic E-state index is 0.0732. The molecule has 10 nitrogen and oxygen atoms in total. The van der Waals surface area contributed by atoms with Gasteiger partial charge < -0.3 is 20.3 Å². The van der Waals surface area contributed by atoms with Gasteiger partial charge in [0.05, 0.1) is 53.3 Å². The summed E-state index contributed by atoms with van der Waals surface area (Å²) in [5, 5.41) is 10.6. The van der Waals surface area contributed by atoms with Gasteiger partial charge >= 0.3 is 6.18 Å². The molecule has 1 aromatic carbocycles. The molecule has 0 saturated carbocycles. The van der Waals surface area contributed by atoms with Crippen LogP contribution in [0.2, 0.25) is 0 Å². The first kappa shape index (κ1) is 27.4. The molecule has 3 aromatic heterocycles. The normalized spacial score (nSPS) is 20.1. The van der Waals surface area contributed by atoms with Crippen LogP contribution in [0.5, 0.6) is 0 Å². The third-order valence-corrected chi connectivity index (χ3v) is 7.63. The van der Waals surface area contributed by atoms with E-state index in [0.29, 0.717) is 55.5 Å². The quantitative estimate of drug-likeness (QED) is 0.341. The number of piperidine rings is 1. The lowest BCUT2D eigenvalue weighted by Crippen LogP contribution is -2.44. The van der Waals surface area contributed by atoms with Crippen LogP contribution in [0, 0.1) is 12.7 Å². The van der Waals surface area contributed by atoms with Gasteiger partial charge in [-0.1, -0.05) is 0 Å². The summed E-state index contributed by atoms with van der Waals surface area (Å²) in [6.07, 6.45) is -3.33. The van der Waals surface area contributed by atoms with Crippen LogP contribution in [0.25, 0.3) is 28.2 Å². The van der Waals surface area contributed by atoms with Gasteiger partial charge in [0, 0.05) is 32.3 Å². The SMILES string of the molecule is CNc1nc2cc(F)ccc2n1-c1nc(-c2c(C)nn(C3CCCNC3)c2C(F)(F)F)cc(N2CCOC[C@H]2C)n1. The maximum absolute atomic E-state index is 14.8. The largest absolute Gasteiger partial charge is 0.433 e. The minimum atomic E-state index is -4.68. The number of hydrogen-bond acceptors (Lipinski definition) is 8. The van der Waals surface area contributed by atoms with Crippen molar-refractivity contribution in [3.63, 3.8) is 0 Å². The standard InChI is InChI=1S/C27H31F4N9O/c1-15-14-41-10-9-38(15)22-12-20(23-16(2)37-40(24(23)27(29,30)31)18-5-4-8-33-13-18)35-26(36-22)39-21-7-6-17(28)11-19(21)34-25(39)32-3/h6-7,11-12,15,18,33H,4-5,8-10,13-14H2,1-3H3,(H,32,34)/t15-,18?/m1/s1. The summed E-state index contributed by atoms with van der Waals surface area (Å²) in [5.41, 5.74) is 0.255. The van der Waals surface area contributed by atoms with Crippen molar-refractivity contribution in [2.24, 2.45) is 0 Å². The molecule has 2 fully saturated rings. The van der Waals surface area contributed by atoms with Gasteiger partial charge in [-0.25, -0.2) is 18.9 Å². The number of anilines is 2. The van der Waals surface area contributed by atoms with Crippen molar-refractivity contribution in [3.05, 3.63) is 41.5 Å². The average molecular weight is 574 g/mol. The van der Waals surface area contributed by atoms with Gasteiger partial charge in [0.2, 0.25) is 11.9 Å². The Morgan fingerprint density at radius 3 is 2.68 bits per heavy atom. The van der Waals surface area contributed by atoms with E-state index in [1.807, 2.05) is 11.8 Å². The van der Waals surface area contributed by atoms with Gasteiger partial charge in [0.15, 0.2) is 5.69 Å². The Balaban J connectivity index is 1.61. The molecule has 5 heterocycles. The van der Waals surface area contributed by atoms with E-state index in [9.17, 15) is 17.6 Å². The highest BCUT2D eigenvalue weighted by atomic mass is 19.4. The fraction of sp³-hybridized carbons (Fsp3) is 0.481. The number of benzene rings is 1. The molecule has 218 valence electrons. The van der Waals surface area contributed by atoms with Crippen LogP contribution in [0.4, 0.5) is 29.3 Å². The molecule has 2 saturated heterocycles. The fourth-order valence-corrected chi connectivity index (χ4v) is 5.72. The zero-order valence-electron chi connectivity index (χ0n) is 23.0. The lowest BCUT2D eigenvalue weighted by atomic mass is 10.1. The highest BCUT2D eigenvalue weighted by Crippen LogP contribution is 2.41. The van der Waals surface area contributed by atoms with Crippen molar-refractivity contribution >= 4 is 22.8 Å². The second kappa shape index (κ2) is 10.6. The van der Waals surface area contributed by atoms with Gasteiger partial charge in [-0.2, -0.15) is 23.3 Å². The first-order chi connectivity index (χ1) is 19.7. The van der Waals surface area contributed by atoms with E-state index in [1.54, 1.807) is 30.7 Å². The summed E-state index contributed by atoms with van der Waals surface area (Å²) in [5.74, 6) is 0.415. The molecule has 2 atom stereocenters. The molecule has 6 rings (SSSR count). The molecule has 2 N–H and O–H groups in total. The number of imidazole rings is 1. The average Bonchev–Trinajstić information content (AvgIpc) is 3.50. The molecule has 14 heteroatoms. The molecule has 1 unspecified atom stereocenters. The summed E-state index contributed by atoms with van der Waals surface area (Å²) in [7, 11) is 1.65. The summed E-state index contributed by atoms with van der Waals surface area (Å²) >= 11 is 0. The molecule has 0 bridgehead atoms. The Morgan fingerprint density at radius 1 is 1.15 bits per heavy atom. The zero-order valence-corrected chi connectivity index (χ0v) is 23.0. The minimum Gasteiger partial charge on any atom is -0.377 e. The van der Waals surface area contributed by atoms with Crippen molar-refractivity contribution < 1.29 is 22.3 Å². The molecule has 2 aliphatic heterocycles. The second-order valence-corrected chi connectivity index (χ2v) is 10.4. The number of nitrogens with zero attached hydrogens (tertiary/aromatic N) is 7. The molecule has 0 aliphatic carbocycles. The number of aryl methyl sites for hydroxylation is 1. The summed E-state index contributed by atoms with van der Waals surface area (Å²) in [6, 6.07) is 5.21. The molecule has 4 aromatic rings. The van der Waals surface area contributed by atoms with E-state index in [4.69, 9.17) is 14.7 Å². The van der Waals surface area contributed by atoms with Crippen LogP contribution in [0.15, 0.2) is 24.3 Å². The Kier molecular flexibility index (Phi) is 7.06. The predicted octanol–water partition coefficient (Wildman–Crippen LogP) is 4.34. The van der Waals surface area contributed by atoms with Crippen LogP contribution in [0.1, 0.15) is 37.2 Å². The van der Waals surface area contributed by atoms with Crippen molar-refractivity contribution in [1.82, 2.24) is 34.6 Å². The number of aromatic nitrogens is 6. The van der Waals surface area contributed by atoms with Gasteiger partial charge in [0.1, 0.15) is 11.6 Å². The van der Waals surface area contributed by atoms with E-state index >= 15 is 0 Å². The van der Waals surface area contributed by atoms with Crippen molar-refractivity contribution in [1.29, 1.82) is 0 Å². The summed E-state index contributed by atoms with van der Waals surface area (Å²) in [6.45, 7) is 6.11. The summed E-state index contributed by atoms with van der Waals surface area (Å²) < 4.78 is 66.8. The Bertz CT molecular complexity index is 1580. The number of rotatable bonds is 5. The highest BCUT2D eigenvalue weighted by Gasteiger charge is 2.42. The van der Waals surface area contributed by atoms with Crippen LogP contribution >= 0.6 is 0 Å². The van der Waals surface area contributed by atoms with E-state index in [2.05, 4.69) is 20.7 Å². The molecule has 0 amide bonds. The number of ether oxygens (including phenoxy) is 1. The number of hydrogen-bond donors (Lipinski definition) is 2. The number of halogens is 4.